The molecule has 4 rings (SSSR count). The van der Waals surface area contributed by atoms with Gasteiger partial charge in [0.25, 0.3) is 10.0 Å². The van der Waals surface area contributed by atoms with Crippen LogP contribution in [0.4, 0.5) is 5.69 Å². The molecule has 0 aliphatic carbocycles. The fraction of sp³-hybridized carbons (Fsp3) is 0.192. The molecule has 2 heterocycles. The second kappa shape index (κ2) is 9.71. The Morgan fingerprint density at radius 1 is 1.11 bits per heavy atom. The van der Waals surface area contributed by atoms with Crippen LogP contribution in [0.3, 0.4) is 0 Å². The molecule has 37 heavy (non-hydrogen) atoms. The SMILES string of the molecule is CC(C)(C)C(C(=O)O)N(c1ccc2c(ccn2-c2ncccc2C#N)c1)S(=O)(=O)c1cc(Cl)cc(Cl)c1. The van der Waals surface area contributed by atoms with Crippen LogP contribution in [0.25, 0.3) is 16.7 Å². The van der Waals surface area contributed by atoms with E-state index in [0.29, 0.717) is 22.3 Å². The molecule has 1 atom stereocenters. The van der Waals surface area contributed by atoms with Gasteiger partial charge in [0.2, 0.25) is 0 Å². The fourth-order valence-electron chi connectivity index (χ4n) is 4.17. The van der Waals surface area contributed by atoms with E-state index in [9.17, 15) is 23.6 Å². The van der Waals surface area contributed by atoms with Gasteiger partial charge in [-0.3, -0.25) is 4.31 Å². The molecule has 0 saturated carbocycles. The number of aliphatic carboxylic acids is 1. The molecule has 2 aromatic carbocycles. The Morgan fingerprint density at radius 2 is 1.78 bits per heavy atom. The molecule has 1 unspecified atom stereocenters. The van der Waals surface area contributed by atoms with E-state index < -0.39 is 27.4 Å². The van der Waals surface area contributed by atoms with E-state index >= 15 is 0 Å². The van der Waals surface area contributed by atoms with Gasteiger partial charge in [-0.15, -0.1) is 0 Å². The third-order valence-electron chi connectivity index (χ3n) is 5.75. The summed E-state index contributed by atoms with van der Waals surface area (Å²) < 4.78 is 30.6. The van der Waals surface area contributed by atoms with Gasteiger partial charge in [0.1, 0.15) is 12.1 Å². The van der Waals surface area contributed by atoms with Crippen LogP contribution >= 0.6 is 23.2 Å². The number of benzene rings is 2. The first-order valence-electron chi connectivity index (χ1n) is 11.0. The van der Waals surface area contributed by atoms with Gasteiger partial charge >= 0.3 is 5.97 Å². The van der Waals surface area contributed by atoms with Gasteiger partial charge in [-0.25, -0.2) is 18.2 Å². The number of fused-ring (bicyclic) bond motifs is 1. The zero-order valence-corrected chi connectivity index (χ0v) is 22.4. The van der Waals surface area contributed by atoms with E-state index in [-0.39, 0.29) is 20.6 Å². The van der Waals surface area contributed by atoms with Crippen LogP contribution in [0.15, 0.2) is 71.9 Å². The molecule has 2 aromatic heterocycles. The maximum Gasteiger partial charge on any atom is 0.328 e. The molecular weight excluding hydrogens is 535 g/mol. The van der Waals surface area contributed by atoms with Gasteiger partial charge < -0.3 is 9.67 Å². The number of aromatic nitrogens is 2. The van der Waals surface area contributed by atoms with E-state index in [2.05, 4.69) is 11.1 Å². The molecule has 4 aromatic rings. The molecule has 11 heteroatoms. The predicted octanol–water partition coefficient (Wildman–Crippen LogP) is 5.90. The number of carbonyl (C=O) groups is 1. The summed E-state index contributed by atoms with van der Waals surface area (Å²) in [7, 11) is -4.43. The quantitative estimate of drug-likeness (QED) is 0.316. The van der Waals surface area contributed by atoms with Crippen molar-refractivity contribution >= 4 is 55.8 Å². The van der Waals surface area contributed by atoms with Crippen molar-refractivity contribution in [3.63, 3.8) is 0 Å². The number of rotatable bonds is 6. The van der Waals surface area contributed by atoms with Gasteiger partial charge in [-0.2, -0.15) is 5.26 Å². The second-order valence-electron chi connectivity index (χ2n) is 9.43. The predicted molar refractivity (Wildman–Crippen MR) is 143 cm³/mol. The Kier molecular flexibility index (Phi) is 6.95. The molecule has 0 amide bonds. The van der Waals surface area contributed by atoms with E-state index in [1.807, 2.05) is 0 Å². The first kappa shape index (κ1) is 26.5. The fourth-order valence-corrected chi connectivity index (χ4v) is 6.68. The number of sulfonamides is 1. The first-order valence-corrected chi connectivity index (χ1v) is 13.2. The molecule has 0 aliphatic rings. The van der Waals surface area contributed by atoms with E-state index in [1.54, 1.807) is 68.1 Å². The van der Waals surface area contributed by atoms with Gasteiger partial charge in [0.15, 0.2) is 5.82 Å². The van der Waals surface area contributed by atoms with E-state index in [1.165, 1.54) is 24.3 Å². The van der Waals surface area contributed by atoms with Crippen molar-refractivity contribution in [2.75, 3.05) is 4.31 Å². The topological polar surface area (TPSA) is 116 Å². The Bertz CT molecular complexity index is 1650. The van der Waals surface area contributed by atoms with Crippen molar-refractivity contribution < 1.29 is 18.3 Å². The summed E-state index contributed by atoms with van der Waals surface area (Å²) in [6.07, 6.45) is 3.28. The zero-order valence-electron chi connectivity index (χ0n) is 20.1. The molecule has 8 nitrogen and oxygen atoms in total. The van der Waals surface area contributed by atoms with Crippen LogP contribution in [0.2, 0.25) is 10.0 Å². The van der Waals surface area contributed by atoms with Crippen molar-refractivity contribution in [1.82, 2.24) is 9.55 Å². The number of carboxylic acid groups (broad SMARTS) is 1. The van der Waals surface area contributed by atoms with Crippen molar-refractivity contribution in [2.24, 2.45) is 5.41 Å². The summed E-state index contributed by atoms with van der Waals surface area (Å²) >= 11 is 12.2. The average molecular weight is 557 g/mol. The third kappa shape index (κ3) is 5.01. The number of carboxylic acids is 1. The monoisotopic (exact) mass is 556 g/mol. The number of hydrogen-bond acceptors (Lipinski definition) is 5. The minimum atomic E-state index is -4.43. The van der Waals surface area contributed by atoms with E-state index in [0.717, 1.165) is 4.31 Å². The standard InChI is InChI=1S/C26H22Cl2N4O4S/c1-26(2,3)23(25(33)34)32(37(35,36)21-13-18(27)12-19(28)14-21)20-6-7-22-16(11-20)8-10-31(22)24-17(15-29)5-4-9-30-24/h4-14,23H,1-3H3,(H,33,34). The Morgan fingerprint density at radius 3 is 2.38 bits per heavy atom. The first-order chi connectivity index (χ1) is 17.3. The lowest BCUT2D eigenvalue weighted by molar-refractivity contribution is -0.140. The lowest BCUT2D eigenvalue weighted by atomic mass is 9.86. The highest BCUT2D eigenvalue weighted by Gasteiger charge is 2.43. The van der Waals surface area contributed by atoms with Crippen LogP contribution in [0.1, 0.15) is 26.3 Å². The van der Waals surface area contributed by atoms with Gasteiger partial charge in [-0.1, -0.05) is 44.0 Å². The lowest BCUT2D eigenvalue weighted by Gasteiger charge is -2.37. The summed E-state index contributed by atoms with van der Waals surface area (Å²) in [5.74, 6) is -0.891. The molecule has 1 N–H and O–H groups in total. The van der Waals surface area contributed by atoms with Crippen molar-refractivity contribution in [3.05, 3.63) is 82.6 Å². The Hall–Kier alpha value is -3.58. The van der Waals surface area contributed by atoms with Crippen LogP contribution < -0.4 is 4.31 Å². The maximum atomic E-state index is 14.0. The molecule has 0 fully saturated rings. The van der Waals surface area contributed by atoms with Crippen LogP contribution in [0.5, 0.6) is 0 Å². The largest absolute Gasteiger partial charge is 0.480 e. The average Bonchev–Trinajstić information content (AvgIpc) is 3.23. The third-order valence-corrected chi connectivity index (χ3v) is 7.95. The van der Waals surface area contributed by atoms with Gasteiger partial charge in [0, 0.05) is 27.8 Å². The minimum absolute atomic E-state index is 0.102. The maximum absolute atomic E-state index is 14.0. The number of nitrogens with zero attached hydrogens (tertiary/aromatic N) is 4. The highest BCUT2D eigenvalue weighted by molar-refractivity contribution is 7.93. The highest BCUT2D eigenvalue weighted by atomic mass is 35.5. The number of pyridine rings is 1. The Balaban J connectivity index is 1.95. The van der Waals surface area contributed by atoms with Crippen LogP contribution in [-0.2, 0) is 14.8 Å². The van der Waals surface area contributed by atoms with Crippen molar-refractivity contribution in [3.8, 4) is 11.9 Å². The van der Waals surface area contributed by atoms with Crippen LogP contribution in [0, 0.1) is 16.7 Å². The molecule has 0 saturated heterocycles. The summed E-state index contributed by atoms with van der Waals surface area (Å²) in [4.78, 5) is 16.6. The summed E-state index contributed by atoms with van der Waals surface area (Å²) in [5, 5.41) is 20.5. The molecule has 0 radical (unpaired) electrons. The molecule has 190 valence electrons. The van der Waals surface area contributed by atoms with Crippen molar-refractivity contribution in [1.29, 1.82) is 5.26 Å². The van der Waals surface area contributed by atoms with Gasteiger partial charge in [-0.05, 0) is 60.0 Å². The normalized spacial score (nSPS) is 12.8. The minimum Gasteiger partial charge on any atom is -0.480 e. The van der Waals surface area contributed by atoms with Crippen LogP contribution in [-0.4, -0.2) is 35.1 Å². The highest BCUT2D eigenvalue weighted by Crippen LogP contribution is 2.37. The summed E-state index contributed by atoms with van der Waals surface area (Å²) in [6, 6.07) is 14.3. The molecule has 0 spiro atoms. The smallest absolute Gasteiger partial charge is 0.328 e. The molecular formula is C26H22Cl2N4O4S. The van der Waals surface area contributed by atoms with E-state index in [4.69, 9.17) is 23.2 Å². The van der Waals surface area contributed by atoms with Crippen molar-refractivity contribution in [2.45, 2.75) is 31.7 Å². The number of hydrogen-bond donors (Lipinski definition) is 1. The molecule has 0 bridgehead atoms. The zero-order chi connectivity index (χ0) is 27.1. The second-order valence-corrected chi connectivity index (χ2v) is 12.1. The Labute approximate surface area is 224 Å². The van der Waals surface area contributed by atoms with Gasteiger partial charge in [0.05, 0.1) is 21.7 Å². The molecule has 0 aliphatic heterocycles. The number of halogens is 2. The summed E-state index contributed by atoms with van der Waals surface area (Å²) in [5.41, 5.74) is 0.178. The number of nitriles is 1. The summed E-state index contributed by atoms with van der Waals surface area (Å²) in [6.45, 7) is 4.95. The number of anilines is 1. The lowest BCUT2D eigenvalue weighted by Crippen LogP contribution is -2.52.